The number of nitrogens with zero attached hydrogens (tertiary/aromatic N) is 2. The number of hydrogen-bond acceptors (Lipinski definition) is 5. The van der Waals surface area contributed by atoms with Crippen LogP contribution >= 0.6 is 0 Å². The summed E-state index contributed by atoms with van der Waals surface area (Å²) >= 11 is 0. The highest BCUT2D eigenvalue weighted by Gasteiger charge is 2.31. The van der Waals surface area contributed by atoms with E-state index in [9.17, 15) is 13.2 Å². The Morgan fingerprint density at radius 2 is 2.19 bits per heavy atom. The Bertz CT molecular complexity index is 546. The third-order valence-electron chi connectivity index (χ3n) is 3.37. The number of nitrogens with one attached hydrogen (secondary N) is 1. The summed E-state index contributed by atoms with van der Waals surface area (Å²) in [6.07, 6.45) is 2.03. The average Bonchev–Trinajstić information content (AvgIpc) is 2.77. The van der Waals surface area contributed by atoms with Crippen molar-refractivity contribution < 1.29 is 13.2 Å². The van der Waals surface area contributed by atoms with Crippen LogP contribution in [0.5, 0.6) is 0 Å². The third-order valence-corrected chi connectivity index (χ3v) is 5.12. The normalized spacial score (nSPS) is 21.1. The SMILES string of the molecule is CCN(/C=C(/C#N)C(=O)NCC(C)C)C1CCS(=O)(=O)C1. The van der Waals surface area contributed by atoms with Gasteiger partial charge in [0.1, 0.15) is 11.6 Å². The molecule has 1 aliphatic rings. The van der Waals surface area contributed by atoms with Gasteiger partial charge in [0.05, 0.1) is 11.5 Å². The molecule has 1 heterocycles. The van der Waals surface area contributed by atoms with Gasteiger partial charge in [-0.05, 0) is 19.3 Å². The third kappa shape index (κ3) is 5.38. The van der Waals surface area contributed by atoms with Crippen molar-refractivity contribution in [2.75, 3.05) is 24.6 Å². The summed E-state index contributed by atoms with van der Waals surface area (Å²) in [6, 6.07) is 1.74. The van der Waals surface area contributed by atoms with E-state index in [4.69, 9.17) is 5.26 Å². The summed E-state index contributed by atoms with van der Waals surface area (Å²) in [5, 5.41) is 11.8. The van der Waals surface area contributed by atoms with Gasteiger partial charge in [-0.2, -0.15) is 5.26 Å². The Morgan fingerprint density at radius 3 is 2.62 bits per heavy atom. The molecule has 0 aliphatic carbocycles. The fourth-order valence-corrected chi connectivity index (χ4v) is 3.93. The van der Waals surface area contributed by atoms with Gasteiger partial charge in [0.15, 0.2) is 9.84 Å². The molecule has 6 nitrogen and oxygen atoms in total. The smallest absolute Gasteiger partial charge is 0.263 e. The van der Waals surface area contributed by atoms with Crippen LogP contribution in [0.25, 0.3) is 0 Å². The van der Waals surface area contributed by atoms with Crippen LogP contribution in [-0.4, -0.2) is 49.9 Å². The molecule has 21 heavy (non-hydrogen) atoms. The van der Waals surface area contributed by atoms with Crippen molar-refractivity contribution in [1.29, 1.82) is 5.26 Å². The number of rotatable bonds is 6. The minimum absolute atomic E-state index is 0.0156. The lowest BCUT2D eigenvalue weighted by atomic mass is 10.2. The van der Waals surface area contributed by atoms with E-state index < -0.39 is 15.7 Å². The van der Waals surface area contributed by atoms with Gasteiger partial charge in [-0.15, -0.1) is 0 Å². The van der Waals surface area contributed by atoms with Gasteiger partial charge in [0.25, 0.3) is 5.91 Å². The molecule has 0 bridgehead atoms. The molecule has 1 amide bonds. The summed E-state index contributed by atoms with van der Waals surface area (Å²) in [4.78, 5) is 13.7. The minimum atomic E-state index is -2.99. The lowest BCUT2D eigenvalue weighted by Crippen LogP contribution is -2.34. The lowest BCUT2D eigenvalue weighted by Gasteiger charge is -2.25. The molecular weight excluding hydrogens is 290 g/mol. The summed E-state index contributed by atoms with van der Waals surface area (Å²) in [5.74, 6) is 0.147. The molecule has 1 rings (SSSR count). The first-order chi connectivity index (χ1) is 9.79. The van der Waals surface area contributed by atoms with Crippen LogP contribution in [0.15, 0.2) is 11.8 Å². The molecule has 0 aromatic heterocycles. The van der Waals surface area contributed by atoms with Gasteiger partial charge >= 0.3 is 0 Å². The Kier molecular flexibility index (Phi) is 6.21. The largest absolute Gasteiger partial charge is 0.372 e. The first kappa shape index (κ1) is 17.5. The molecule has 0 spiro atoms. The van der Waals surface area contributed by atoms with E-state index in [0.29, 0.717) is 25.4 Å². The lowest BCUT2D eigenvalue weighted by molar-refractivity contribution is -0.117. The van der Waals surface area contributed by atoms with E-state index in [1.54, 1.807) is 4.90 Å². The summed E-state index contributed by atoms with van der Waals surface area (Å²) in [5.41, 5.74) is 0.0156. The topological polar surface area (TPSA) is 90.3 Å². The number of carbonyl (C=O) groups is 1. The van der Waals surface area contributed by atoms with Gasteiger partial charge in [0, 0.05) is 25.3 Å². The van der Waals surface area contributed by atoms with Crippen molar-refractivity contribution >= 4 is 15.7 Å². The number of nitriles is 1. The van der Waals surface area contributed by atoms with Crippen molar-refractivity contribution in [3.05, 3.63) is 11.8 Å². The quantitative estimate of drug-likeness (QED) is 0.575. The Labute approximate surface area is 126 Å². The zero-order valence-corrected chi connectivity index (χ0v) is 13.6. The molecule has 0 saturated carbocycles. The number of hydrogen-bond donors (Lipinski definition) is 1. The summed E-state index contributed by atoms with van der Waals surface area (Å²) in [6.45, 7) is 6.88. The van der Waals surface area contributed by atoms with E-state index in [1.807, 2.05) is 26.8 Å². The van der Waals surface area contributed by atoms with Crippen LogP contribution in [0.3, 0.4) is 0 Å². The molecule has 1 unspecified atom stereocenters. The van der Waals surface area contributed by atoms with E-state index in [0.717, 1.165) is 0 Å². The molecule has 118 valence electrons. The zero-order chi connectivity index (χ0) is 16.0. The van der Waals surface area contributed by atoms with Crippen molar-refractivity contribution in [3.63, 3.8) is 0 Å². The molecule has 0 aromatic rings. The molecule has 1 N–H and O–H groups in total. The van der Waals surface area contributed by atoms with E-state index in [-0.39, 0.29) is 23.1 Å². The monoisotopic (exact) mass is 313 g/mol. The second-order valence-electron chi connectivity index (χ2n) is 5.65. The van der Waals surface area contributed by atoms with Crippen LogP contribution in [0, 0.1) is 17.2 Å². The van der Waals surface area contributed by atoms with Crippen molar-refractivity contribution in [2.24, 2.45) is 5.92 Å². The Hall–Kier alpha value is -1.55. The van der Waals surface area contributed by atoms with Crippen LogP contribution < -0.4 is 5.32 Å². The van der Waals surface area contributed by atoms with Gasteiger partial charge < -0.3 is 10.2 Å². The first-order valence-electron chi connectivity index (χ1n) is 7.15. The standard InChI is InChI=1S/C14H23N3O3S/c1-4-17(13-5-6-21(19,20)10-13)9-12(7-15)14(18)16-8-11(2)3/h9,11,13H,4-6,8,10H2,1-3H3,(H,16,18)/b12-9-. The maximum absolute atomic E-state index is 11.9. The predicted molar refractivity (Wildman–Crippen MR) is 81.0 cm³/mol. The van der Waals surface area contributed by atoms with Crippen LogP contribution in [0.2, 0.25) is 0 Å². The molecule has 0 radical (unpaired) electrons. The highest BCUT2D eigenvalue weighted by atomic mass is 32.2. The van der Waals surface area contributed by atoms with Gasteiger partial charge in [-0.1, -0.05) is 13.8 Å². The van der Waals surface area contributed by atoms with E-state index >= 15 is 0 Å². The molecule has 1 aliphatic heterocycles. The number of sulfone groups is 1. The van der Waals surface area contributed by atoms with Gasteiger partial charge in [0.2, 0.25) is 0 Å². The molecule has 7 heteroatoms. The summed E-state index contributed by atoms with van der Waals surface area (Å²) < 4.78 is 23.1. The Morgan fingerprint density at radius 1 is 1.52 bits per heavy atom. The van der Waals surface area contributed by atoms with Gasteiger partial charge in [-0.25, -0.2) is 8.42 Å². The molecular formula is C14H23N3O3S. The van der Waals surface area contributed by atoms with E-state index in [2.05, 4.69) is 5.32 Å². The molecule has 1 fully saturated rings. The zero-order valence-electron chi connectivity index (χ0n) is 12.8. The highest BCUT2D eigenvalue weighted by Crippen LogP contribution is 2.18. The van der Waals surface area contributed by atoms with Crippen LogP contribution in [0.4, 0.5) is 0 Å². The molecule has 0 aromatic carbocycles. The van der Waals surface area contributed by atoms with Crippen LogP contribution in [-0.2, 0) is 14.6 Å². The first-order valence-corrected chi connectivity index (χ1v) is 8.97. The molecule has 1 atom stereocenters. The second kappa shape index (κ2) is 7.46. The minimum Gasteiger partial charge on any atom is -0.372 e. The summed E-state index contributed by atoms with van der Waals surface area (Å²) in [7, 11) is -2.99. The maximum atomic E-state index is 11.9. The molecule has 1 saturated heterocycles. The highest BCUT2D eigenvalue weighted by molar-refractivity contribution is 7.91. The van der Waals surface area contributed by atoms with Crippen molar-refractivity contribution in [2.45, 2.75) is 33.2 Å². The fourth-order valence-electron chi connectivity index (χ4n) is 2.19. The number of carbonyl (C=O) groups excluding carboxylic acids is 1. The predicted octanol–water partition coefficient (Wildman–Crippen LogP) is 0.675. The van der Waals surface area contributed by atoms with Crippen molar-refractivity contribution in [3.8, 4) is 6.07 Å². The van der Waals surface area contributed by atoms with E-state index in [1.165, 1.54) is 6.20 Å². The van der Waals surface area contributed by atoms with Gasteiger partial charge in [-0.3, -0.25) is 4.79 Å². The average molecular weight is 313 g/mol. The fraction of sp³-hybridized carbons (Fsp3) is 0.714. The van der Waals surface area contributed by atoms with Crippen molar-refractivity contribution in [1.82, 2.24) is 10.2 Å². The maximum Gasteiger partial charge on any atom is 0.263 e. The second-order valence-corrected chi connectivity index (χ2v) is 7.87. The van der Waals surface area contributed by atoms with Crippen LogP contribution in [0.1, 0.15) is 27.2 Å². The Balaban J connectivity index is 2.79. The number of amides is 1.